The van der Waals surface area contributed by atoms with Gasteiger partial charge in [-0.15, -0.1) is 0 Å². The summed E-state index contributed by atoms with van der Waals surface area (Å²) >= 11 is 0. The number of fused-ring (bicyclic) bond motifs is 2. The van der Waals surface area contributed by atoms with Crippen LogP contribution in [-0.4, -0.2) is 24.5 Å². The molecule has 0 saturated heterocycles. The predicted octanol–water partition coefficient (Wildman–Crippen LogP) is 4.64. The monoisotopic (exact) mass is 450 g/mol. The number of aromatic amines is 1. The Morgan fingerprint density at radius 1 is 1.03 bits per heavy atom. The molecule has 0 fully saturated rings. The Hall–Kier alpha value is -4.21. The molecule has 0 unspecified atom stereocenters. The minimum absolute atomic E-state index is 0.0500. The van der Waals surface area contributed by atoms with Crippen LogP contribution in [0, 0.1) is 17.5 Å². The van der Waals surface area contributed by atoms with Crippen molar-refractivity contribution in [2.45, 2.75) is 19.4 Å². The molecule has 2 N–H and O–H groups in total. The summed E-state index contributed by atoms with van der Waals surface area (Å²) in [5.74, 6) is -1.70. The first kappa shape index (κ1) is 20.7. The number of nitrogens with zero attached hydrogens (tertiary/aromatic N) is 4. The molecule has 0 bridgehead atoms. The minimum atomic E-state index is -0.790. The molecule has 0 aliphatic carbocycles. The molecule has 7 nitrogen and oxygen atoms in total. The molecule has 10 heteroatoms. The largest absolute Gasteiger partial charge is 0.360 e. The van der Waals surface area contributed by atoms with Gasteiger partial charge < -0.3 is 10.3 Å². The Kier molecular flexibility index (Phi) is 5.04. The zero-order valence-corrected chi connectivity index (χ0v) is 17.3. The number of anilines is 1. The molecule has 33 heavy (non-hydrogen) atoms. The maximum Gasteiger partial charge on any atom is 0.263 e. The number of hydrogen-bond acceptors (Lipinski definition) is 5. The lowest BCUT2D eigenvalue weighted by molar-refractivity contribution is 0.584. The van der Waals surface area contributed by atoms with E-state index in [0.717, 1.165) is 28.8 Å². The van der Waals surface area contributed by atoms with E-state index in [1.165, 1.54) is 24.8 Å². The molecule has 0 amide bonds. The average Bonchev–Trinajstić information content (AvgIpc) is 3.29. The molecule has 5 aromatic rings. The maximum atomic E-state index is 14.8. The second-order valence-corrected chi connectivity index (χ2v) is 7.46. The maximum absolute atomic E-state index is 14.8. The Labute approximate surface area is 185 Å². The SMILES string of the molecule is CC[C@H](Nc1ncnc2[nH]cnc12)c1cc2ccc(F)cc2c(=O)n1-c1cc(F)ccc1F. The fourth-order valence-electron chi connectivity index (χ4n) is 3.88. The van der Waals surface area contributed by atoms with Gasteiger partial charge in [-0.25, -0.2) is 28.1 Å². The summed E-state index contributed by atoms with van der Waals surface area (Å²) in [7, 11) is 0. The van der Waals surface area contributed by atoms with Crippen molar-refractivity contribution in [3.63, 3.8) is 0 Å². The van der Waals surface area contributed by atoms with Gasteiger partial charge in [-0.3, -0.25) is 9.36 Å². The highest BCUT2D eigenvalue weighted by Gasteiger charge is 2.22. The van der Waals surface area contributed by atoms with Crippen molar-refractivity contribution in [3.05, 3.63) is 88.6 Å². The van der Waals surface area contributed by atoms with Gasteiger partial charge in [-0.1, -0.05) is 13.0 Å². The molecule has 2 aromatic carbocycles. The van der Waals surface area contributed by atoms with Gasteiger partial charge in [0, 0.05) is 11.8 Å². The number of rotatable bonds is 5. The summed E-state index contributed by atoms with van der Waals surface area (Å²) in [6.45, 7) is 1.87. The molecule has 5 rings (SSSR count). The number of benzene rings is 2. The van der Waals surface area contributed by atoms with E-state index >= 15 is 0 Å². The van der Waals surface area contributed by atoms with Crippen molar-refractivity contribution >= 4 is 27.8 Å². The normalized spacial score (nSPS) is 12.4. The standard InChI is InChI=1S/C23H17F3N6O/c1-2-17(31-22-20-21(28-10-27-20)29-11-30-22)19-7-12-3-4-13(24)8-15(12)23(33)32(19)18-9-14(25)5-6-16(18)26/h3-11,17H,2H2,1H3,(H2,27,28,29,30,31)/t17-/m0/s1. The van der Waals surface area contributed by atoms with Crippen LogP contribution in [0.5, 0.6) is 0 Å². The Bertz CT molecular complexity index is 1560. The van der Waals surface area contributed by atoms with E-state index in [2.05, 4.69) is 25.3 Å². The van der Waals surface area contributed by atoms with E-state index in [0.29, 0.717) is 34.5 Å². The van der Waals surface area contributed by atoms with Crippen LogP contribution in [0.4, 0.5) is 19.0 Å². The second kappa shape index (κ2) is 8.05. The zero-order valence-electron chi connectivity index (χ0n) is 17.3. The number of aromatic nitrogens is 5. The number of nitrogens with one attached hydrogen (secondary N) is 2. The third-order valence-electron chi connectivity index (χ3n) is 5.45. The van der Waals surface area contributed by atoms with Gasteiger partial charge in [0.25, 0.3) is 5.56 Å². The van der Waals surface area contributed by atoms with Crippen LogP contribution >= 0.6 is 0 Å². The third-order valence-corrected chi connectivity index (χ3v) is 5.45. The van der Waals surface area contributed by atoms with Crippen LogP contribution in [0.1, 0.15) is 25.1 Å². The van der Waals surface area contributed by atoms with Crippen LogP contribution in [0.25, 0.3) is 27.6 Å². The molecule has 3 heterocycles. The van der Waals surface area contributed by atoms with Gasteiger partial charge in [0.05, 0.1) is 23.4 Å². The first-order valence-electron chi connectivity index (χ1n) is 10.2. The summed E-state index contributed by atoms with van der Waals surface area (Å²) in [5, 5.41) is 3.76. The fourth-order valence-corrected chi connectivity index (χ4v) is 3.88. The highest BCUT2D eigenvalue weighted by atomic mass is 19.1. The Balaban J connectivity index is 1.76. The zero-order chi connectivity index (χ0) is 23.1. The van der Waals surface area contributed by atoms with Crippen LogP contribution in [0.15, 0.2) is 59.9 Å². The summed E-state index contributed by atoms with van der Waals surface area (Å²) in [6.07, 6.45) is 3.30. The summed E-state index contributed by atoms with van der Waals surface area (Å²) in [6, 6.07) is 7.76. The van der Waals surface area contributed by atoms with Crippen molar-refractivity contribution in [2.75, 3.05) is 5.32 Å². The molecule has 166 valence electrons. The van der Waals surface area contributed by atoms with Gasteiger partial charge in [0.2, 0.25) is 0 Å². The molecule has 1 atom stereocenters. The van der Waals surface area contributed by atoms with Gasteiger partial charge >= 0.3 is 0 Å². The minimum Gasteiger partial charge on any atom is -0.360 e. The van der Waals surface area contributed by atoms with Gasteiger partial charge in [0.15, 0.2) is 11.5 Å². The lowest BCUT2D eigenvalue weighted by Gasteiger charge is -2.23. The Morgan fingerprint density at radius 2 is 1.82 bits per heavy atom. The van der Waals surface area contributed by atoms with E-state index in [-0.39, 0.29) is 11.1 Å². The van der Waals surface area contributed by atoms with Crippen LogP contribution in [0.3, 0.4) is 0 Å². The van der Waals surface area contributed by atoms with Crippen LogP contribution < -0.4 is 10.9 Å². The van der Waals surface area contributed by atoms with Crippen LogP contribution in [0.2, 0.25) is 0 Å². The second-order valence-electron chi connectivity index (χ2n) is 7.46. The van der Waals surface area contributed by atoms with Crippen molar-refractivity contribution < 1.29 is 13.2 Å². The molecular weight excluding hydrogens is 433 g/mol. The number of halogens is 3. The number of imidazole rings is 1. The van der Waals surface area contributed by atoms with E-state index < -0.39 is 29.1 Å². The Morgan fingerprint density at radius 3 is 2.64 bits per heavy atom. The first-order valence-corrected chi connectivity index (χ1v) is 10.2. The predicted molar refractivity (Wildman–Crippen MR) is 118 cm³/mol. The first-order chi connectivity index (χ1) is 16.0. The molecular formula is C23H17F3N6O. The van der Waals surface area contributed by atoms with Gasteiger partial charge in [-0.05, 0) is 42.1 Å². The fraction of sp³-hybridized carbons (Fsp3) is 0.130. The number of pyridine rings is 1. The quantitative estimate of drug-likeness (QED) is 0.407. The van der Waals surface area contributed by atoms with Gasteiger partial charge in [0.1, 0.15) is 29.3 Å². The third kappa shape index (κ3) is 3.59. The number of H-pyrrole nitrogens is 1. The lowest BCUT2D eigenvalue weighted by Crippen LogP contribution is -2.27. The van der Waals surface area contributed by atoms with E-state index in [1.807, 2.05) is 6.92 Å². The van der Waals surface area contributed by atoms with E-state index in [4.69, 9.17) is 0 Å². The van der Waals surface area contributed by atoms with Crippen molar-refractivity contribution in [2.24, 2.45) is 0 Å². The summed E-state index contributed by atoms with van der Waals surface area (Å²) in [5.41, 5.74) is 0.427. The topological polar surface area (TPSA) is 88.5 Å². The van der Waals surface area contributed by atoms with E-state index in [9.17, 15) is 18.0 Å². The summed E-state index contributed by atoms with van der Waals surface area (Å²) < 4.78 is 43.8. The average molecular weight is 450 g/mol. The van der Waals surface area contributed by atoms with Crippen molar-refractivity contribution in [3.8, 4) is 5.69 Å². The molecule has 0 spiro atoms. The molecule has 0 aliphatic heterocycles. The summed E-state index contributed by atoms with van der Waals surface area (Å²) in [4.78, 5) is 28.9. The van der Waals surface area contributed by atoms with E-state index in [1.54, 1.807) is 6.07 Å². The molecule has 0 aliphatic rings. The molecule has 0 radical (unpaired) electrons. The van der Waals surface area contributed by atoms with Crippen molar-refractivity contribution in [1.82, 2.24) is 24.5 Å². The molecule has 3 aromatic heterocycles. The number of hydrogen-bond donors (Lipinski definition) is 2. The lowest BCUT2D eigenvalue weighted by atomic mass is 10.0. The highest BCUT2D eigenvalue weighted by molar-refractivity contribution is 5.84. The smallest absolute Gasteiger partial charge is 0.263 e. The van der Waals surface area contributed by atoms with Crippen LogP contribution in [-0.2, 0) is 0 Å². The van der Waals surface area contributed by atoms with Crippen molar-refractivity contribution in [1.29, 1.82) is 0 Å². The highest BCUT2D eigenvalue weighted by Crippen LogP contribution is 2.29. The molecule has 0 saturated carbocycles. The van der Waals surface area contributed by atoms with Gasteiger partial charge in [-0.2, -0.15) is 0 Å².